The topological polar surface area (TPSA) is 55.8 Å². The van der Waals surface area contributed by atoms with Crippen molar-refractivity contribution < 1.29 is 19.4 Å². The van der Waals surface area contributed by atoms with Crippen LogP contribution in [0.4, 0.5) is 0 Å². The first kappa shape index (κ1) is 15.9. The molecule has 4 nitrogen and oxygen atoms in total. The molecule has 0 spiro atoms. The number of carbonyl (C=O) groups is 1. The number of hydrogen-bond donors (Lipinski definition) is 1. The van der Waals surface area contributed by atoms with Crippen molar-refractivity contribution in [2.45, 2.75) is 0 Å². The van der Waals surface area contributed by atoms with Crippen LogP contribution in [0.25, 0.3) is 0 Å². The Labute approximate surface area is 139 Å². The highest BCUT2D eigenvalue weighted by atomic mass is 79.9. The van der Waals surface area contributed by atoms with E-state index in [-0.39, 0.29) is 12.2 Å². The van der Waals surface area contributed by atoms with Crippen LogP contribution in [0.5, 0.6) is 11.5 Å². The number of benzene rings is 2. The molecule has 6 heteroatoms. The summed E-state index contributed by atoms with van der Waals surface area (Å²) in [6.45, 7) is 0.575. The largest absolute Gasteiger partial charge is 0.490 e. The second-order valence-electron chi connectivity index (χ2n) is 4.10. The van der Waals surface area contributed by atoms with E-state index in [0.717, 1.165) is 14.7 Å². The Hall–Kier alpha value is -1.53. The van der Waals surface area contributed by atoms with Gasteiger partial charge >= 0.3 is 5.97 Å². The quantitative estimate of drug-likeness (QED) is 0.711. The van der Waals surface area contributed by atoms with Gasteiger partial charge in [-0.25, -0.2) is 4.79 Å². The van der Waals surface area contributed by atoms with Crippen molar-refractivity contribution in [2.24, 2.45) is 0 Å². The molecule has 0 heterocycles. The summed E-state index contributed by atoms with van der Waals surface area (Å²) < 4.78 is 12.7. The van der Waals surface area contributed by atoms with Crippen LogP contribution in [0.1, 0.15) is 10.4 Å². The predicted octanol–water partition coefficient (Wildman–Crippen LogP) is 4.37. The third-order valence-electron chi connectivity index (χ3n) is 2.58. The molecule has 0 aliphatic rings. The summed E-state index contributed by atoms with van der Waals surface area (Å²) in [7, 11) is 0. The zero-order valence-corrected chi connectivity index (χ0v) is 14.1. The molecule has 1 N–H and O–H groups in total. The standard InChI is InChI=1S/C15H12Br2O4/c16-10-2-1-3-12(8-10)20-6-7-21-14-9-11(17)4-5-13(14)15(18)19/h1-5,8-9H,6-7H2,(H,18,19). The minimum Gasteiger partial charge on any atom is -0.490 e. The number of halogens is 2. The van der Waals surface area contributed by atoms with Crippen molar-refractivity contribution in [2.75, 3.05) is 13.2 Å². The fraction of sp³-hybridized carbons (Fsp3) is 0.133. The fourth-order valence-corrected chi connectivity index (χ4v) is 2.38. The van der Waals surface area contributed by atoms with E-state index in [1.165, 1.54) is 6.07 Å². The van der Waals surface area contributed by atoms with E-state index in [1.807, 2.05) is 24.3 Å². The van der Waals surface area contributed by atoms with Crippen LogP contribution in [0.3, 0.4) is 0 Å². The molecule has 2 aromatic rings. The highest BCUT2D eigenvalue weighted by Crippen LogP contribution is 2.24. The first-order valence-corrected chi connectivity index (χ1v) is 7.69. The number of rotatable bonds is 6. The van der Waals surface area contributed by atoms with Crippen molar-refractivity contribution >= 4 is 37.8 Å². The Morgan fingerprint density at radius 1 is 1.00 bits per heavy atom. The molecule has 0 amide bonds. The van der Waals surface area contributed by atoms with E-state index < -0.39 is 5.97 Å². The number of ether oxygens (including phenoxy) is 2. The van der Waals surface area contributed by atoms with Gasteiger partial charge in [0, 0.05) is 8.95 Å². The number of carboxylic acids is 1. The van der Waals surface area contributed by atoms with Crippen molar-refractivity contribution in [3.63, 3.8) is 0 Å². The Morgan fingerprint density at radius 2 is 1.71 bits per heavy atom. The lowest BCUT2D eigenvalue weighted by Gasteiger charge is -2.11. The number of hydrogen-bond acceptors (Lipinski definition) is 3. The highest BCUT2D eigenvalue weighted by Gasteiger charge is 2.11. The monoisotopic (exact) mass is 414 g/mol. The van der Waals surface area contributed by atoms with Gasteiger partial charge in [0.2, 0.25) is 0 Å². The van der Waals surface area contributed by atoms with Gasteiger partial charge in [-0.05, 0) is 36.4 Å². The summed E-state index contributed by atoms with van der Waals surface area (Å²) in [5.74, 6) is 0.0146. The average Bonchev–Trinajstić information content (AvgIpc) is 2.43. The molecule has 0 aliphatic carbocycles. The van der Waals surface area contributed by atoms with Gasteiger partial charge < -0.3 is 14.6 Å². The summed E-state index contributed by atoms with van der Waals surface area (Å²) >= 11 is 6.65. The molecule has 2 aromatic carbocycles. The van der Waals surface area contributed by atoms with E-state index >= 15 is 0 Å². The summed E-state index contributed by atoms with van der Waals surface area (Å²) in [5, 5.41) is 9.09. The molecule has 0 saturated carbocycles. The minimum absolute atomic E-state index is 0.126. The summed E-state index contributed by atoms with van der Waals surface area (Å²) in [4.78, 5) is 11.1. The molecule has 110 valence electrons. The molecule has 2 rings (SSSR count). The summed E-state index contributed by atoms with van der Waals surface area (Å²) in [6.07, 6.45) is 0. The van der Waals surface area contributed by atoms with Crippen molar-refractivity contribution in [1.82, 2.24) is 0 Å². The normalized spacial score (nSPS) is 10.2. The molecule has 0 aromatic heterocycles. The summed E-state index contributed by atoms with van der Waals surface area (Å²) in [6, 6.07) is 12.3. The first-order valence-electron chi connectivity index (χ1n) is 6.10. The van der Waals surface area contributed by atoms with E-state index in [4.69, 9.17) is 14.6 Å². The smallest absolute Gasteiger partial charge is 0.339 e. The molecular formula is C15H12Br2O4. The second kappa shape index (κ2) is 7.47. The maximum atomic E-state index is 11.1. The third-order valence-corrected chi connectivity index (χ3v) is 3.57. The molecule has 0 saturated heterocycles. The van der Waals surface area contributed by atoms with Crippen LogP contribution < -0.4 is 9.47 Å². The predicted molar refractivity (Wildman–Crippen MR) is 86.2 cm³/mol. The van der Waals surface area contributed by atoms with E-state index in [1.54, 1.807) is 12.1 Å². The van der Waals surface area contributed by atoms with Gasteiger partial charge in [0.1, 0.15) is 30.3 Å². The fourth-order valence-electron chi connectivity index (χ4n) is 1.66. The van der Waals surface area contributed by atoms with Gasteiger partial charge in [0.05, 0.1) is 0 Å². The van der Waals surface area contributed by atoms with Crippen molar-refractivity contribution in [3.8, 4) is 11.5 Å². The molecule has 0 bridgehead atoms. The lowest BCUT2D eigenvalue weighted by molar-refractivity contribution is 0.0691. The van der Waals surface area contributed by atoms with Crippen LogP contribution in [0.15, 0.2) is 51.4 Å². The Kier molecular flexibility index (Phi) is 5.64. The lowest BCUT2D eigenvalue weighted by atomic mass is 10.2. The van der Waals surface area contributed by atoms with Gasteiger partial charge in [0.25, 0.3) is 0 Å². The number of aromatic carboxylic acids is 1. The van der Waals surface area contributed by atoms with Gasteiger partial charge in [-0.2, -0.15) is 0 Å². The average molecular weight is 416 g/mol. The van der Waals surface area contributed by atoms with Crippen molar-refractivity contribution in [1.29, 1.82) is 0 Å². The zero-order chi connectivity index (χ0) is 15.2. The minimum atomic E-state index is -1.02. The maximum Gasteiger partial charge on any atom is 0.339 e. The number of carboxylic acid groups (broad SMARTS) is 1. The Morgan fingerprint density at radius 3 is 2.43 bits per heavy atom. The zero-order valence-electron chi connectivity index (χ0n) is 10.9. The third kappa shape index (κ3) is 4.75. The molecule has 21 heavy (non-hydrogen) atoms. The van der Waals surface area contributed by atoms with Crippen molar-refractivity contribution in [3.05, 3.63) is 57.0 Å². The highest BCUT2D eigenvalue weighted by molar-refractivity contribution is 9.10. The molecular weight excluding hydrogens is 404 g/mol. The van der Waals surface area contributed by atoms with Gasteiger partial charge in [-0.15, -0.1) is 0 Å². The van der Waals surface area contributed by atoms with Gasteiger partial charge in [-0.1, -0.05) is 37.9 Å². The molecule has 0 atom stereocenters. The molecule has 0 radical (unpaired) electrons. The van der Waals surface area contributed by atoms with Crippen LogP contribution >= 0.6 is 31.9 Å². The van der Waals surface area contributed by atoms with Crippen LogP contribution in [-0.4, -0.2) is 24.3 Å². The summed E-state index contributed by atoms with van der Waals surface area (Å²) in [5.41, 5.74) is 0.126. The van der Waals surface area contributed by atoms with Crippen LogP contribution in [0.2, 0.25) is 0 Å². The van der Waals surface area contributed by atoms with Crippen LogP contribution in [-0.2, 0) is 0 Å². The molecule has 0 fully saturated rings. The first-order chi connectivity index (χ1) is 10.1. The Balaban J connectivity index is 1.91. The second-order valence-corrected chi connectivity index (χ2v) is 5.93. The molecule has 0 aliphatic heterocycles. The SMILES string of the molecule is O=C(O)c1ccc(Br)cc1OCCOc1cccc(Br)c1. The van der Waals surface area contributed by atoms with Gasteiger partial charge in [-0.3, -0.25) is 0 Å². The maximum absolute atomic E-state index is 11.1. The van der Waals surface area contributed by atoms with E-state index in [9.17, 15) is 4.79 Å². The molecule has 0 unspecified atom stereocenters. The Bertz CT molecular complexity index is 643. The van der Waals surface area contributed by atoms with E-state index in [0.29, 0.717) is 12.4 Å². The lowest BCUT2D eigenvalue weighted by Crippen LogP contribution is -2.11. The van der Waals surface area contributed by atoms with Gasteiger partial charge in [0.15, 0.2) is 0 Å². The van der Waals surface area contributed by atoms with Crippen LogP contribution in [0, 0.1) is 0 Å². The van der Waals surface area contributed by atoms with E-state index in [2.05, 4.69) is 31.9 Å².